The largest absolute Gasteiger partial charge is 0.305 e. The number of benzene rings is 3. The zero-order valence-corrected chi connectivity index (χ0v) is 27.5. The van der Waals surface area contributed by atoms with Crippen molar-refractivity contribution < 1.29 is 20.1 Å². The molecule has 5 rings (SSSR count). The van der Waals surface area contributed by atoms with E-state index in [-0.39, 0.29) is 20.1 Å². The first-order chi connectivity index (χ1) is 18.8. The van der Waals surface area contributed by atoms with Gasteiger partial charge in [0.25, 0.3) is 0 Å². The van der Waals surface area contributed by atoms with Gasteiger partial charge in [-0.05, 0) is 52.5 Å². The van der Waals surface area contributed by atoms with E-state index in [2.05, 4.69) is 110 Å². The van der Waals surface area contributed by atoms with Crippen molar-refractivity contribution in [2.24, 2.45) is 5.92 Å². The van der Waals surface area contributed by atoms with Gasteiger partial charge < -0.3 is 9.97 Å². The summed E-state index contributed by atoms with van der Waals surface area (Å²) in [6.45, 7) is 11.7. The van der Waals surface area contributed by atoms with Crippen LogP contribution in [0.2, 0.25) is 19.6 Å². The Balaban J connectivity index is 0.000000215. The predicted molar refractivity (Wildman–Crippen MR) is 168 cm³/mol. The van der Waals surface area contributed by atoms with Crippen LogP contribution in [0.4, 0.5) is 0 Å². The molecule has 40 heavy (non-hydrogen) atoms. The fraction of sp³-hybridized carbons (Fsp3) is 0.222. The van der Waals surface area contributed by atoms with Gasteiger partial charge in [-0.1, -0.05) is 81.5 Å². The molecule has 4 heteroatoms. The minimum Gasteiger partial charge on any atom is -0.305 e. The maximum atomic E-state index is 4.69. The van der Waals surface area contributed by atoms with Gasteiger partial charge in [-0.3, -0.25) is 0 Å². The Kier molecular flexibility index (Phi) is 11.8. The summed E-state index contributed by atoms with van der Waals surface area (Å²) in [6.07, 6.45) is 6.04. The van der Waals surface area contributed by atoms with Crippen molar-refractivity contribution in [2.75, 3.05) is 0 Å². The average Bonchev–Trinajstić information content (AvgIpc) is 2.94. The van der Waals surface area contributed by atoms with Crippen LogP contribution in [0, 0.1) is 18.1 Å². The van der Waals surface area contributed by atoms with Crippen molar-refractivity contribution >= 4 is 13.3 Å². The normalized spacial score (nSPS) is 10.8. The maximum absolute atomic E-state index is 4.69. The molecular weight excluding hydrogens is 681 g/mol. The zero-order valence-electron chi connectivity index (χ0n) is 24.1. The molecule has 0 fully saturated rings. The molecule has 2 nitrogen and oxygen atoms in total. The summed E-state index contributed by atoms with van der Waals surface area (Å²) in [5.74, 6) is 0.667. The molecule has 0 saturated heterocycles. The van der Waals surface area contributed by atoms with Crippen molar-refractivity contribution in [1.82, 2.24) is 9.97 Å². The standard InChI is InChI=1S/C18H24NSi.C18H14N.Ir/c1-14(2)11-16-12-17(15-9-7-6-8-10-15)19-13-18(16)20(3,4)5;1-3-7-15(8-4-1)13-16-11-12-19-18(14-16)17-9-5-2-6-10-17;/h6-9,12-14H,11H2,1-5H3;1-9,11-12,14H,13H2;/q2*-1;. The second-order valence-corrected chi connectivity index (χ2v) is 16.4. The molecule has 207 valence electrons. The van der Waals surface area contributed by atoms with E-state index in [0.29, 0.717) is 5.92 Å². The van der Waals surface area contributed by atoms with E-state index < -0.39 is 8.07 Å². The van der Waals surface area contributed by atoms with Crippen molar-refractivity contribution in [3.8, 4) is 22.5 Å². The molecule has 0 unspecified atom stereocenters. The second kappa shape index (κ2) is 15.0. The average molecular weight is 719 g/mol. The van der Waals surface area contributed by atoms with Gasteiger partial charge in [0.15, 0.2) is 0 Å². The number of pyridine rings is 2. The van der Waals surface area contributed by atoms with E-state index >= 15 is 0 Å². The number of hydrogen-bond acceptors (Lipinski definition) is 2. The van der Waals surface area contributed by atoms with Crippen LogP contribution in [0.5, 0.6) is 0 Å². The predicted octanol–water partition coefficient (Wildman–Crippen LogP) is 8.43. The van der Waals surface area contributed by atoms with Gasteiger partial charge in [0.2, 0.25) is 0 Å². The summed E-state index contributed by atoms with van der Waals surface area (Å²) in [4.78, 5) is 9.11. The molecule has 0 amide bonds. The van der Waals surface area contributed by atoms with Gasteiger partial charge >= 0.3 is 0 Å². The summed E-state index contributed by atoms with van der Waals surface area (Å²) in [6, 6.07) is 39.5. The molecule has 0 aliphatic heterocycles. The Bertz CT molecular complexity index is 1450. The molecule has 3 aromatic carbocycles. The minimum atomic E-state index is -1.34. The van der Waals surface area contributed by atoms with E-state index in [4.69, 9.17) is 0 Å². The number of nitrogens with zero attached hydrogens (tertiary/aromatic N) is 2. The summed E-state index contributed by atoms with van der Waals surface area (Å²) >= 11 is 0. The molecule has 1 radical (unpaired) electrons. The van der Waals surface area contributed by atoms with Gasteiger partial charge in [0, 0.05) is 32.5 Å². The molecule has 0 atom stereocenters. The number of rotatable bonds is 7. The van der Waals surface area contributed by atoms with Crippen LogP contribution in [0.15, 0.2) is 109 Å². The van der Waals surface area contributed by atoms with Gasteiger partial charge in [-0.15, -0.1) is 71.8 Å². The molecule has 0 N–H and O–H groups in total. The fourth-order valence-corrected chi connectivity index (χ4v) is 6.19. The van der Waals surface area contributed by atoms with Gasteiger partial charge in [0.1, 0.15) is 0 Å². The van der Waals surface area contributed by atoms with E-state index in [9.17, 15) is 0 Å². The summed E-state index contributed by atoms with van der Waals surface area (Å²) in [7, 11) is -1.34. The molecule has 2 aromatic heterocycles. The Hall–Kier alpha value is -3.17. The van der Waals surface area contributed by atoms with Crippen molar-refractivity contribution in [3.63, 3.8) is 0 Å². The Labute approximate surface area is 255 Å². The topological polar surface area (TPSA) is 25.8 Å². The van der Waals surface area contributed by atoms with Crippen LogP contribution < -0.4 is 5.19 Å². The molecule has 0 aliphatic rings. The zero-order chi connectivity index (χ0) is 27.7. The molecule has 0 spiro atoms. The molecule has 5 aromatic rings. The molecule has 0 aliphatic carbocycles. The first kappa shape index (κ1) is 31.4. The van der Waals surface area contributed by atoms with Crippen molar-refractivity contribution in [3.05, 3.63) is 138 Å². The summed E-state index contributed by atoms with van der Waals surface area (Å²) in [5, 5.41) is 1.49. The molecule has 0 bridgehead atoms. The third kappa shape index (κ3) is 9.20. The molecule has 0 saturated carbocycles. The Morgan fingerprint density at radius 1 is 0.700 bits per heavy atom. The van der Waals surface area contributed by atoms with E-state index in [0.717, 1.165) is 35.4 Å². The smallest absolute Gasteiger partial charge is 0.0798 e. The molecule has 2 heterocycles. The Morgan fingerprint density at radius 2 is 1.30 bits per heavy atom. The monoisotopic (exact) mass is 719 g/mol. The van der Waals surface area contributed by atoms with Crippen LogP contribution in [-0.2, 0) is 32.9 Å². The van der Waals surface area contributed by atoms with Gasteiger partial charge in [0.05, 0.1) is 8.07 Å². The van der Waals surface area contributed by atoms with Crippen LogP contribution >= 0.6 is 0 Å². The summed E-state index contributed by atoms with van der Waals surface area (Å²) < 4.78 is 0. The quantitative estimate of drug-likeness (QED) is 0.125. The summed E-state index contributed by atoms with van der Waals surface area (Å²) in [5.41, 5.74) is 8.21. The fourth-order valence-electron chi connectivity index (χ4n) is 4.60. The first-order valence-electron chi connectivity index (χ1n) is 13.7. The molecular formula is C36H38IrN2Si-2. The van der Waals surface area contributed by atoms with Gasteiger partial charge in [-0.25, -0.2) is 0 Å². The van der Waals surface area contributed by atoms with Crippen molar-refractivity contribution in [2.45, 2.75) is 46.3 Å². The third-order valence-corrected chi connectivity index (χ3v) is 8.54. The van der Waals surface area contributed by atoms with Crippen LogP contribution in [0.3, 0.4) is 0 Å². The maximum Gasteiger partial charge on any atom is 0.0798 e. The van der Waals surface area contributed by atoms with Crippen LogP contribution in [0.25, 0.3) is 22.5 Å². The van der Waals surface area contributed by atoms with E-state index in [1.807, 2.05) is 54.7 Å². The van der Waals surface area contributed by atoms with Crippen LogP contribution in [-0.4, -0.2) is 18.0 Å². The number of hydrogen-bond donors (Lipinski definition) is 0. The van der Waals surface area contributed by atoms with E-state index in [1.165, 1.54) is 21.9 Å². The van der Waals surface area contributed by atoms with Gasteiger partial charge in [-0.2, -0.15) is 0 Å². The first-order valence-corrected chi connectivity index (χ1v) is 17.2. The SMILES string of the molecule is CC(C)Cc1cc(-c2[c-]cccc2)ncc1[Si](C)(C)C.[Ir].[c-]1ccccc1-c1cc(Cc2ccccc2)ccn1. The minimum absolute atomic E-state index is 0. The van der Waals surface area contributed by atoms with Crippen molar-refractivity contribution in [1.29, 1.82) is 0 Å². The Morgan fingerprint density at radius 3 is 1.85 bits per heavy atom. The third-order valence-electron chi connectivity index (χ3n) is 6.47. The second-order valence-electron chi connectivity index (χ2n) is 11.3. The van der Waals surface area contributed by atoms with Crippen LogP contribution in [0.1, 0.15) is 30.5 Å². The van der Waals surface area contributed by atoms with E-state index in [1.54, 1.807) is 0 Å². The number of aromatic nitrogens is 2.